The molecule has 4 heteroatoms. The predicted molar refractivity (Wildman–Crippen MR) is 36.5 cm³/mol. The molecule has 2 nitrogen and oxygen atoms in total. The highest BCUT2D eigenvalue weighted by molar-refractivity contribution is 9.18. The molecular formula is C4H5BrClNO. The second-order valence-electron chi connectivity index (χ2n) is 1.56. The molecule has 1 heterocycles. The van der Waals surface area contributed by atoms with Crippen LogP contribution < -0.4 is 0 Å². The molecule has 46 valence electrons. The summed E-state index contributed by atoms with van der Waals surface area (Å²) in [4.78, 5) is 4.72. The average Bonchev–Trinajstić information content (AvgIpc) is 2.14. The van der Waals surface area contributed by atoms with Crippen molar-refractivity contribution in [3.63, 3.8) is 0 Å². The number of oxime groups is 1. The van der Waals surface area contributed by atoms with E-state index in [2.05, 4.69) is 21.1 Å². The van der Waals surface area contributed by atoms with Gasteiger partial charge >= 0.3 is 0 Å². The maximum atomic E-state index is 5.51. The van der Waals surface area contributed by atoms with Crippen LogP contribution in [0.1, 0.15) is 0 Å². The number of alkyl halides is 1. The Morgan fingerprint density at radius 1 is 2.00 bits per heavy atom. The summed E-state index contributed by atoms with van der Waals surface area (Å²) in [6.07, 6.45) is 0. The van der Waals surface area contributed by atoms with Gasteiger partial charge in [-0.05, 0) is 15.9 Å². The van der Waals surface area contributed by atoms with E-state index >= 15 is 0 Å². The SMILES string of the molecule is ClCC1CON=C1Br. The Kier molecular flexibility index (Phi) is 2.14. The van der Waals surface area contributed by atoms with E-state index in [1.54, 1.807) is 0 Å². The fraction of sp³-hybridized carbons (Fsp3) is 0.750. The van der Waals surface area contributed by atoms with Crippen LogP contribution in [-0.4, -0.2) is 17.1 Å². The zero-order chi connectivity index (χ0) is 5.98. The lowest BCUT2D eigenvalue weighted by Gasteiger charge is -1.96. The van der Waals surface area contributed by atoms with Crippen LogP contribution in [0.25, 0.3) is 0 Å². The van der Waals surface area contributed by atoms with Crippen LogP contribution in [0, 0.1) is 5.92 Å². The molecule has 0 aromatic heterocycles. The van der Waals surface area contributed by atoms with Crippen LogP contribution in [0.15, 0.2) is 5.16 Å². The van der Waals surface area contributed by atoms with Crippen LogP contribution >= 0.6 is 27.5 Å². The van der Waals surface area contributed by atoms with Crippen molar-refractivity contribution in [1.82, 2.24) is 0 Å². The van der Waals surface area contributed by atoms with Gasteiger partial charge in [0.05, 0.1) is 5.92 Å². The zero-order valence-electron chi connectivity index (χ0n) is 4.10. The molecule has 0 bridgehead atoms. The molecule has 0 amide bonds. The van der Waals surface area contributed by atoms with Gasteiger partial charge in [-0.2, -0.15) is 0 Å². The molecule has 1 rings (SSSR count). The highest BCUT2D eigenvalue weighted by Crippen LogP contribution is 2.15. The molecule has 0 aromatic rings. The van der Waals surface area contributed by atoms with Gasteiger partial charge in [0.1, 0.15) is 11.2 Å². The molecule has 0 radical (unpaired) electrons. The van der Waals surface area contributed by atoms with E-state index in [-0.39, 0.29) is 5.92 Å². The molecular weight excluding hydrogens is 193 g/mol. The number of rotatable bonds is 1. The maximum Gasteiger partial charge on any atom is 0.130 e. The fourth-order valence-electron chi connectivity index (χ4n) is 0.440. The van der Waals surface area contributed by atoms with Crippen LogP contribution in [-0.2, 0) is 4.84 Å². The third-order valence-corrected chi connectivity index (χ3v) is 2.12. The summed E-state index contributed by atoms with van der Waals surface area (Å²) in [7, 11) is 0. The van der Waals surface area contributed by atoms with Crippen molar-refractivity contribution < 1.29 is 4.84 Å². The lowest BCUT2D eigenvalue weighted by atomic mass is 10.2. The molecule has 0 aliphatic carbocycles. The molecule has 8 heavy (non-hydrogen) atoms. The standard InChI is InChI=1S/C4H5BrClNO/c5-4-3(1-6)2-8-7-4/h3H,1-2H2. The van der Waals surface area contributed by atoms with Crippen LogP contribution in [0.4, 0.5) is 0 Å². The first-order valence-electron chi connectivity index (χ1n) is 2.26. The van der Waals surface area contributed by atoms with Crippen molar-refractivity contribution in [2.75, 3.05) is 12.5 Å². The molecule has 0 N–H and O–H groups in total. The van der Waals surface area contributed by atoms with Gasteiger partial charge in [-0.15, -0.1) is 11.6 Å². The fourth-order valence-corrected chi connectivity index (χ4v) is 1.26. The van der Waals surface area contributed by atoms with E-state index in [0.717, 1.165) is 4.62 Å². The lowest BCUT2D eigenvalue weighted by molar-refractivity contribution is 0.158. The molecule has 1 aliphatic rings. The van der Waals surface area contributed by atoms with E-state index in [4.69, 9.17) is 16.4 Å². The topological polar surface area (TPSA) is 21.6 Å². The molecule has 1 aliphatic heterocycles. The van der Waals surface area contributed by atoms with Crippen molar-refractivity contribution in [3.8, 4) is 0 Å². The Labute approximate surface area is 61.0 Å². The second-order valence-corrected chi connectivity index (χ2v) is 2.68. The lowest BCUT2D eigenvalue weighted by Crippen LogP contribution is -2.08. The zero-order valence-corrected chi connectivity index (χ0v) is 6.44. The minimum Gasteiger partial charge on any atom is -0.394 e. The minimum atomic E-state index is 0.275. The predicted octanol–water partition coefficient (Wildman–Crippen LogP) is 1.58. The van der Waals surface area contributed by atoms with Crippen LogP contribution in [0.2, 0.25) is 0 Å². The van der Waals surface area contributed by atoms with Crippen molar-refractivity contribution in [1.29, 1.82) is 0 Å². The number of nitrogens with zero attached hydrogens (tertiary/aromatic N) is 1. The van der Waals surface area contributed by atoms with Crippen LogP contribution in [0.5, 0.6) is 0 Å². The van der Waals surface area contributed by atoms with Gasteiger partial charge in [0.25, 0.3) is 0 Å². The molecule has 0 saturated carbocycles. The molecule has 1 unspecified atom stereocenters. The highest BCUT2D eigenvalue weighted by atomic mass is 79.9. The average molecular weight is 198 g/mol. The number of halogens is 2. The Hall–Kier alpha value is 0.240. The van der Waals surface area contributed by atoms with E-state index in [1.807, 2.05) is 0 Å². The van der Waals surface area contributed by atoms with Crippen LogP contribution in [0.3, 0.4) is 0 Å². The van der Waals surface area contributed by atoms with Crippen molar-refractivity contribution in [2.45, 2.75) is 0 Å². The van der Waals surface area contributed by atoms with Gasteiger partial charge in [0.2, 0.25) is 0 Å². The van der Waals surface area contributed by atoms with Gasteiger partial charge in [0.15, 0.2) is 0 Å². The van der Waals surface area contributed by atoms with Gasteiger partial charge in [0, 0.05) is 5.88 Å². The Bertz CT molecular complexity index is 117. The monoisotopic (exact) mass is 197 g/mol. The third-order valence-electron chi connectivity index (χ3n) is 0.951. The quantitative estimate of drug-likeness (QED) is 0.586. The van der Waals surface area contributed by atoms with Gasteiger partial charge in [-0.1, -0.05) is 5.16 Å². The van der Waals surface area contributed by atoms with Gasteiger partial charge in [-0.3, -0.25) is 0 Å². The number of hydrogen-bond acceptors (Lipinski definition) is 2. The van der Waals surface area contributed by atoms with E-state index in [1.165, 1.54) is 0 Å². The third kappa shape index (κ3) is 1.14. The first kappa shape index (κ1) is 6.36. The summed E-state index contributed by atoms with van der Waals surface area (Å²) in [5.41, 5.74) is 0. The first-order valence-corrected chi connectivity index (χ1v) is 3.58. The Morgan fingerprint density at radius 2 is 2.75 bits per heavy atom. The Balaban J connectivity index is 2.46. The molecule has 0 aromatic carbocycles. The second kappa shape index (κ2) is 2.69. The minimum absolute atomic E-state index is 0.275. The first-order chi connectivity index (χ1) is 3.84. The normalized spacial score (nSPS) is 27.2. The van der Waals surface area contributed by atoms with Crippen molar-refractivity contribution >= 4 is 32.2 Å². The summed E-state index contributed by atoms with van der Waals surface area (Å²) in [5.74, 6) is 0.848. The van der Waals surface area contributed by atoms with E-state index in [9.17, 15) is 0 Å². The molecule has 0 saturated heterocycles. The molecule has 0 fully saturated rings. The molecule has 1 atom stereocenters. The highest BCUT2D eigenvalue weighted by Gasteiger charge is 2.18. The summed E-state index contributed by atoms with van der Waals surface area (Å²) in [6.45, 7) is 0.615. The summed E-state index contributed by atoms with van der Waals surface area (Å²) < 4.78 is 0.826. The summed E-state index contributed by atoms with van der Waals surface area (Å²) in [6, 6.07) is 0. The number of hydrogen-bond donors (Lipinski definition) is 0. The van der Waals surface area contributed by atoms with Crippen molar-refractivity contribution in [2.24, 2.45) is 11.1 Å². The van der Waals surface area contributed by atoms with E-state index in [0.29, 0.717) is 12.5 Å². The Morgan fingerprint density at radius 3 is 3.00 bits per heavy atom. The largest absolute Gasteiger partial charge is 0.394 e. The summed E-state index contributed by atoms with van der Waals surface area (Å²) >= 11 is 8.72. The summed E-state index contributed by atoms with van der Waals surface area (Å²) in [5, 5.41) is 3.64. The van der Waals surface area contributed by atoms with Gasteiger partial charge in [-0.25, -0.2) is 0 Å². The smallest absolute Gasteiger partial charge is 0.130 e. The molecule has 0 spiro atoms. The van der Waals surface area contributed by atoms with E-state index < -0.39 is 0 Å². The van der Waals surface area contributed by atoms with Crippen molar-refractivity contribution in [3.05, 3.63) is 0 Å². The maximum absolute atomic E-state index is 5.51. The van der Waals surface area contributed by atoms with Gasteiger partial charge < -0.3 is 4.84 Å².